The van der Waals surface area contributed by atoms with Crippen LogP contribution in [0, 0.1) is 0 Å². The Bertz CT molecular complexity index is 216. The normalized spacial score (nSPS) is 10.9. The van der Waals surface area contributed by atoms with Gasteiger partial charge < -0.3 is 14.4 Å². The van der Waals surface area contributed by atoms with Gasteiger partial charge in [0.25, 0.3) is 0 Å². The molecule has 0 heterocycles. The first-order valence-corrected chi connectivity index (χ1v) is 8.76. The van der Waals surface area contributed by atoms with Gasteiger partial charge in [0.15, 0.2) is 0 Å². The fourth-order valence-corrected chi connectivity index (χ4v) is 1.93. The molecule has 0 rings (SSSR count). The van der Waals surface area contributed by atoms with Crippen LogP contribution in [0.3, 0.4) is 0 Å². The monoisotopic (exact) mass is 301 g/mol. The largest absolute Gasteiger partial charge is 0.550 e. The zero-order valence-corrected chi connectivity index (χ0v) is 15.2. The Kier molecular flexibility index (Phi) is 17.1. The highest BCUT2D eigenvalue weighted by Crippen LogP contribution is 2.11. The van der Waals surface area contributed by atoms with Gasteiger partial charge in [-0.2, -0.15) is 0 Å². The van der Waals surface area contributed by atoms with Crippen molar-refractivity contribution in [3.8, 4) is 0 Å². The summed E-state index contributed by atoms with van der Waals surface area (Å²) in [5, 5.41) is 10.1. The summed E-state index contributed by atoms with van der Waals surface area (Å²) < 4.78 is 1.00. The smallest absolute Gasteiger partial charge is 0.0675 e. The highest BCUT2D eigenvalue weighted by molar-refractivity contribution is 5.63. The van der Waals surface area contributed by atoms with E-state index in [-0.39, 0.29) is 6.42 Å². The predicted octanol–water partition coefficient (Wildman–Crippen LogP) is 3.76. The number of unbranched alkanes of at least 4 members (excludes halogenated alkanes) is 10. The van der Waals surface area contributed by atoms with Crippen LogP contribution in [-0.2, 0) is 4.79 Å². The molecule has 0 aromatic carbocycles. The Balaban J connectivity index is 0. The lowest BCUT2D eigenvalue weighted by atomic mass is 10.1. The molecule has 0 unspecified atom stereocenters. The third-order valence-corrected chi connectivity index (χ3v) is 2.98. The van der Waals surface area contributed by atoms with E-state index in [2.05, 4.69) is 35.1 Å². The molecule has 0 N–H and O–H groups in total. The minimum Gasteiger partial charge on any atom is -0.550 e. The summed E-state index contributed by atoms with van der Waals surface area (Å²) in [7, 11) is 8.50. The van der Waals surface area contributed by atoms with Gasteiger partial charge in [0.05, 0.1) is 28.2 Å². The van der Waals surface area contributed by atoms with Crippen molar-refractivity contribution >= 4 is 5.97 Å². The van der Waals surface area contributed by atoms with E-state index in [1.807, 2.05) is 0 Å². The lowest BCUT2D eigenvalue weighted by Crippen LogP contribution is -2.27. The molecule has 3 heteroatoms. The molecule has 0 saturated carbocycles. The fourth-order valence-electron chi connectivity index (χ4n) is 1.93. The molecule has 0 saturated heterocycles. The Hall–Kier alpha value is -0.570. The molecule has 0 aliphatic rings. The molecule has 0 aromatic heterocycles. The summed E-state index contributed by atoms with van der Waals surface area (Å²) in [5.41, 5.74) is 0. The molecule has 0 aromatic rings. The van der Waals surface area contributed by atoms with Crippen LogP contribution in [0.5, 0.6) is 0 Å². The SMILES string of the molecule is CCCCCCCCCCCCCC(=O)[O-].C[N+](C)(C)C. The van der Waals surface area contributed by atoms with Crippen LogP contribution in [0.4, 0.5) is 0 Å². The average Bonchev–Trinajstić information content (AvgIpc) is 2.33. The second-order valence-corrected chi connectivity index (χ2v) is 7.34. The molecule has 21 heavy (non-hydrogen) atoms. The molecule has 0 spiro atoms. The van der Waals surface area contributed by atoms with Crippen LogP contribution >= 0.6 is 0 Å². The van der Waals surface area contributed by atoms with Gasteiger partial charge in [-0.1, -0.05) is 71.1 Å². The zero-order chi connectivity index (χ0) is 16.6. The molecule has 0 aliphatic heterocycles. The molecule has 0 bridgehead atoms. The number of carbonyl (C=O) groups is 1. The van der Waals surface area contributed by atoms with E-state index in [4.69, 9.17) is 0 Å². The maximum Gasteiger partial charge on any atom is 0.0675 e. The van der Waals surface area contributed by atoms with Gasteiger partial charge in [0.2, 0.25) is 0 Å². The molecular weight excluding hydrogens is 262 g/mol. The fraction of sp³-hybridized carbons (Fsp3) is 0.944. The second-order valence-electron chi connectivity index (χ2n) is 7.34. The van der Waals surface area contributed by atoms with Gasteiger partial charge in [0, 0.05) is 5.97 Å². The first kappa shape index (κ1) is 22.7. The third kappa shape index (κ3) is 38.2. The average molecular weight is 302 g/mol. The minimum absolute atomic E-state index is 0.233. The number of carboxylic acid groups (broad SMARTS) is 1. The molecule has 0 aliphatic carbocycles. The summed E-state index contributed by atoms with van der Waals surface area (Å²) in [4.78, 5) is 10.1. The lowest BCUT2D eigenvalue weighted by Gasteiger charge is -2.14. The second kappa shape index (κ2) is 15.8. The molecule has 0 atom stereocenters. The van der Waals surface area contributed by atoms with Crippen LogP contribution in [0.15, 0.2) is 0 Å². The Morgan fingerprint density at radius 2 is 1.00 bits per heavy atom. The Morgan fingerprint density at radius 1 is 0.714 bits per heavy atom. The van der Waals surface area contributed by atoms with Crippen LogP contribution < -0.4 is 5.11 Å². The summed E-state index contributed by atoms with van der Waals surface area (Å²) >= 11 is 0. The first-order valence-electron chi connectivity index (χ1n) is 8.76. The van der Waals surface area contributed by atoms with Crippen LogP contribution in [0.2, 0.25) is 0 Å². The van der Waals surface area contributed by atoms with Gasteiger partial charge in [-0.3, -0.25) is 0 Å². The number of rotatable bonds is 12. The summed E-state index contributed by atoms with van der Waals surface area (Å²) in [6, 6.07) is 0. The van der Waals surface area contributed by atoms with Gasteiger partial charge >= 0.3 is 0 Å². The van der Waals surface area contributed by atoms with Gasteiger partial charge in [-0.05, 0) is 12.8 Å². The van der Waals surface area contributed by atoms with Crippen LogP contribution in [0.25, 0.3) is 0 Å². The van der Waals surface area contributed by atoms with Crippen LogP contribution in [0.1, 0.15) is 84.0 Å². The standard InChI is InChI=1S/C14H28O2.C4H12N/c1-2-3-4-5-6-7-8-9-10-11-12-13-14(15)16;1-5(2,3)4/h2-13H2,1H3,(H,15,16);1-4H3/q;+1/p-1. The maximum absolute atomic E-state index is 10.1. The quantitative estimate of drug-likeness (QED) is 0.407. The van der Waals surface area contributed by atoms with Gasteiger partial charge in [-0.25, -0.2) is 0 Å². The number of hydrogen-bond donors (Lipinski definition) is 0. The molecule has 0 radical (unpaired) electrons. The Labute approximate surface area is 133 Å². The Morgan fingerprint density at radius 3 is 1.29 bits per heavy atom. The van der Waals surface area contributed by atoms with Crippen molar-refractivity contribution in [2.24, 2.45) is 0 Å². The maximum atomic E-state index is 10.1. The summed E-state index contributed by atoms with van der Waals surface area (Å²) in [6.07, 6.45) is 14.0. The highest BCUT2D eigenvalue weighted by atomic mass is 16.4. The van der Waals surface area contributed by atoms with Crippen molar-refractivity contribution in [2.75, 3.05) is 28.2 Å². The van der Waals surface area contributed by atoms with E-state index < -0.39 is 5.97 Å². The van der Waals surface area contributed by atoms with Gasteiger partial charge in [-0.15, -0.1) is 0 Å². The molecule has 0 fully saturated rings. The molecule has 128 valence electrons. The van der Waals surface area contributed by atoms with Crippen molar-refractivity contribution in [1.82, 2.24) is 0 Å². The first-order chi connectivity index (χ1) is 9.77. The van der Waals surface area contributed by atoms with Crippen molar-refractivity contribution in [1.29, 1.82) is 0 Å². The number of nitrogens with zero attached hydrogens (tertiary/aromatic N) is 1. The molecule has 3 nitrogen and oxygen atoms in total. The van der Waals surface area contributed by atoms with E-state index in [0.29, 0.717) is 0 Å². The topological polar surface area (TPSA) is 40.1 Å². The van der Waals surface area contributed by atoms with E-state index >= 15 is 0 Å². The number of carboxylic acids is 1. The lowest BCUT2D eigenvalue weighted by molar-refractivity contribution is -0.849. The van der Waals surface area contributed by atoms with E-state index in [0.717, 1.165) is 17.3 Å². The van der Waals surface area contributed by atoms with Crippen molar-refractivity contribution in [3.63, 3.8) is 0 Å². The highest BCUT2D eigenvalue weighted by Gasteiger charge is 1.93. The number of aliphatic carboxylic acids is 1. The van der Waals surface area contributed by atoms with E-state index in [1.54, 1.807) is 0 Å². The van der Waals surface area contributed by atoms with Crippen molar-refractivity contribution in [2.45, 2.75) is 84.0 Å². The van der Waals surface area contributed by atoms with Crippen molar-refractivity contribution < 1.29 is 14.4 Å². The summed E-state index contributed by atoms with van der Waals surface area (Å²) in [5.74, 6) is -0.907. The number of hydrogen-bond acceptors (Lipinski definition) is 2. The third-order valence-electron chi connectivity index (χ3n) is 2.98. The number of carbonyl (C=O) groups excluding carboxylic acids is 1. The predicted molar refractivity (Wildman–Crippen MR) is 90.0 cm³/mol. The van der Waals surface area contributed by atoms with E-state index in [9.17, 15) is 9.90 Å². The van der Waals surface area contributed by atoms with Gasteiger partial charge in [0.1, 0.15) is 0 Å². The molecule has 0 amide bonds. The minimum atomic E-state index is -0.907. The zero-order valence-electron chi connectivity index (χ0n) is 15.2. The van der Waals surface area contributed by atoms with Crippen molar-refractivity contribution in [3.05, 3.63) is 0 Å². The van der Waals surface area contributed by atoms with E-state index in [1.165, 1.54) is 57.8 Å². The van der Waals surface area contributed by atoms with Crippen LogP contribution in [-0.4, -0.2) is 38.6 Å². The molecular formula is C18H39NO2. The number of quaternary nitrogens is 1. The summed E-state index contributed by atoms with van der Waals surface area (Å²) in [6.45, 7) is 2.24.